The largest absolute Gasteiger partial charge is 0.493 e. The first kappa shape index (κ1) is 17.5. The number of ether oxygens (including phenoxy) is 2. The van der Waals surface area contributed by atoms with Gasteiger partial charge >= 0.3 is 0 Å². The van der Waals surface area contributed by atoms with Crippen molar-refractivity contribution in [3.05, 3.63) is 35.0 Å². The van der Waals surface area contributed by atoms with Crippen LogP contribution in [0.3, 0.4) is 0 Å². The van der Waals surface area contributed by atoms with Crippen LogP contribution in [-0.4, -0.2) is 51.9 Å². The Morgan fingerprint density at radius 3 is 2.60 bits per heavy atom. The van der Waals surface area contributed by atoms with Gasteiger partial charge in [0.2, 0.25) is 10.8 Å². The molecule has 1 N–H and O–H groups in total. The Kier molecular flexibility index (Phi) is 5.10. The lowest BCUT2D eigenvalue weighted by molar-refractivity contribution is 0.241. The normalized spacial score (nSPS) is 12.7. The van der Waals surface area contributed by atoms with Crippen LogP contribution in [0.25, 0.3) is 4.96 Å². The van der Waals surface area contributed by atoms with E-state index in [1.807, 2.05) is 18.2 Å². The molecule has 1 aromatic carbocycles. The van der Waals surface area contributed by atoms with Crippen LogP contribution < -0.4 is 9.47 Å². The van der Waals surface area contributed by atoms with Crippen LogP contribution in [0, 0.1) is 0 Å². The summed E-state index contributed by atoms with van der Waals surface area (Å²) in [6, 6.07) is 5.61. The fraction of sp³-hybridized carbons (Fsp3) is 0.412. The van der Waals surface area contributed by atoms with Crippen molar-refractivity contribution in [1.29, 1.82) is 0 Å². The number of thiazole rings is 1. The second kappa shape index (κ2) is 7.28. The minimum atomic E-state index is -0.187. The van der Waals surface area contributed by atoms with E-state index in [1.165, 1.54) is 22.2 Å². The van der Waals surface area contributed by atoms with Gasteiger partial charge in [-0.1, -0.05) is 37.3 Å². The molecule has 1 unspecified atom stereocenters. The number of aromatic hydroxyl groups is 1. The van der Waals surface area contributed by atoms with Crippen molar-refractivity contribution in [2.45, 2.75) is 19.9 Å². The zero-order chi connectivity index (χ0) is 18.0. The molecule has 0 saturated heterocycles. The van der Waals surface area contributed by atoms with Crippen LogP contribution in [-0.2, 0) is 0 Å². The van der Waals surface area contributed by atoms with Crippen molar-refractivity contribution in [3.63, 3.8) is 0 Å². The molecule has 2 aromatic heterocycles. The first-order valence-electron chi connectivity index (χ1n) is 8.12. The van der Waals surface area contributed by atoms with Crippen molar-refractivity contribution in [3.8, 4) is 17.4 Å². The monoisotopic (exact) mass is 362 g/mol. The van der Waals surface area contributed by atoms with Crippen LogP contribution in [0.4, 0.5) is 0 Å². The Labute approximate surface area is 150 Å². The number of hydrogen-bond acceptors (Lipinski definition) is 7. The molecular formula is C17H22N4O3S. The van der Waals surface area contributed by atoms with Gasteiger partial charge in [0.05, 0.1) is 25.1 Å². The van der Waals surface area contributed by atoms with Crippen molar-refractivity contribution >= 4 is 16.3 Å². The Balaban J connectivity index is 2.23. The van der Waals surface area contributed by atoms with Gasteiger partial charge in [-0.2, -0.15) is 9.61 Å². The first-order chi connectivity index (χ1) is 12.2. The van der Waals surface area contributed by atoms with Crippen molar-refractivity contribution < 1.29 is 14.6 Å². The lowest BCUT2D eigenvalue weighted by atomic mass is 10.0. The summed E-state index contributed by atoms with van der Waals surface area (Å²) in [5, 5.41) is 14.8. The zero-order valence-corrected chi connectivity index (χ0v) is 15.6. The molecule has 0 bridgehead atoms. The fourth-order valence-electron chi connectivity index (χ4n) is 3.09. The van der Waals surface area contributed by atoms with Crippen LogP contribution in [0.2, 0.25) is 0 Å². The van der Waals surface area contributed by atoms with E-state index in [2.05, 4.69) is 28.8 Å². The maximum atomic E-state index is 10.7. The summed E-state index contributed by atoms with van der Waals surface area (Å²) in [7, 11) is 3.25. The molecule has 3 rings (SSSR count). The second-order valence-electron chi connectivity index (χ2n) is 5.45. The number of benzene rings is 1. The van der Waals surface area contributed by atoms with Gasteiger partial charge in [0, 0.05) is 5.56 Å². The molecule has 0 aliphatic heterocycles. The SMILES string of the molecule is CCN(CC)C(c1cccc(OC)c1OC)c1sc2ncnn2c1O. The number of hydrogen-bond donors (Lipinski definition) is 1. The van der Waals surface area contributed by atoms with E-state index in [-0.39, 0.29) is 11.9 Å². The molecule has 25 heavy (non-hydrogen) atoms. The smallest absolute Gasteiger partial charge is 0.230 e. The van der Waals surface area contributed by atoms with E-state index >= 15 is 0 Å². The van der Waals surface area contributed by atoms with Crippen LogP contribution >= 0.6 is 11.3 Å². The molecule has 0 fully saturated rings. The highest BCUT2D eigenvalue weighted by atomic mass is 32.1. The molecule has 134 valence electrons. The molecule has 8 heteroatoms. The molecule has 0 radical (unpaired) electrons. The van der Waals surface area contributed by atoms with Gasteiger partial charge in [-0.25, -0.2) is 4.98 Å². The average molecular weight is 362 g/mol. The average Bonchev–Trinajstić information content (AvgIpc) is 3.22. The standard InChI is InChI=1S/C17H22N4O3S/c1-5-20(6-2)13(11-8-7-9-12(23-3)14(11)24-4)15-16(22)21-17(25-15)18-10-19-21/h7-10,13,22H,5-6H2,1-4H3. The molecule has 2 heterocycles. The molecule has 0 aliphatic rings. The summed E-state index contributed by atoms with van der Waals surface area (Å²) in [4.78, 5) is 7.89. The van der Waals surface area contributed by atoms with Crippen molar-refractivity contribution in [1.82, 2.24) is 19.5 Å². The number of methoxy groups -OCH3 is 2. The van der Waals surface area contributed by atoms with E-state index in [9.17, 15) is 5.11 Å². The zero-order valence-electron chi connectivity index (χ0n) is 14.8. The van der Waals surface area contributed by atoms with E-state index in [0.29, 0.717) is 16.5 Å². The number of para-hydroxylation sites is 1. The Morgan fingerprint density at radius 2 is 2.00 bits per heavy atom. The Morgan fingerprint density at radius 1 is 1.24 bits per heavy atom. The summed E-state index contributed by atoms with van der Waals surface area (Å²) in [6.07, 6.45) is 1.44. The van der Waals surface area contributed by atoms with Crippen LogP contribution in [0.5, 0.6) is 17.4 Å². The number of nitrogens with zero attached hydrogens (tertiary/aromatic N) is 4. The summed E-state index contributed by atoms with van der Waals surface area (Å²) in [5.74, 6) is 1.44. The van der Waals surface area contributed by atoms with E-state index in [4.69, 9.17) is 9.47 Å². The van der Waals surface area contributed by atoms with E-state index < -0.39 is 0 Å². The van der Waals surface area contributed by atoms with Gasteiger partial charge in [-0.15, -0.1) is 0 Å². The lowest BCUT2D eigenvalue weighted by Gasteiger charge is -2.30. The van der Waals surface area contributed by atoms with Crippen LogP contribution in [0.1, 0.15) is 30.3 Å². The van der Waals surface area contributed by atoms with Gasteiger partial charge in [-0.3, -0.25) is 4.90 Å². The molecular weight excluding hydrogens is 340 g/mol. The summed E-state index contributed by atoms with van der Waals surface area (Å²) >= 11 is 1.43. The molecule has 3 aromatic rings. The molecule has 0 amide bonds. The van der Waals surface area contributed by atoms with Gasteiger partial charge in [0.25, 0.3) is 0 Å². The maximum Gasteiger partial charge on any atom is 0.230 e. The Hall–Kier alpha value is -2.32. The predicted molar refractivity (Wildman–Crippen MR) is 96.8 cm³/mol. The second-order valence-corrected chi connectivity index (χ2v) is 6.46. The third kappa shape index (κ3) is 2.91. The Bertz CT molecular complexity index is 857. The fourth-order valence-corrected chi connectivity index (χ4v) is 4.17. The number of fused-ring (bicyclic) bond motifs is 1. The lowest BCUT2D eigenvalue weighted by Crippen LogP contribution is -2.29. The topological polar surface area (TPSA) is 72.1 Å². The summed E-state index contributed by atoms with van der Waals surface area (Å²) in [5.41, 5.74) is 0.936. The van der Waals surface area contributed by atoms with Gasteiger partial charge < -0.3 is 14.6 Å². The van der Waals surface area contributed by atoms with E-state index in [0.717, 1.165) is 23.5 Å². The van der Waals surface area contributed by atoms with Crippen molar-refractivity contribution in [2.75, 3.05) is 27.3 Å². The summed E-state index contributed by atoms with van der Waals surface area (Å²) in [6.45, 7) is 5.82. The third-order valence-corrected chi connectivity index (χ3v) is 5.38. The highest BCUT2D eigenvalue weighted by Crippen LogP contribution is 2.44. The highest BCUT2D eigenvalue weighted by molar-refractivity contribution is 7.17. The molecule has 7 nitrogen and oxygen atoms in total. The highest BCUT2D eigenvalue weighted by Gasteiger charge is 2.31. The minimum absolute atomic E-state index is 0.110. The van der Waals surface area contributed by atoms with Crippen LogP contribution in [0.15, 0.2) is 24.5 Å². The van der Waals surface area contributed by atoms with E-state index in [1.54, 1.807) is 14.2 Å². The third-order valence-electron chi connectivity index (χ3n) is 4.29. The quantitative estimate of drug-likeness (QED) is 0.697. The minimum Gasteiger partial charge on any atom is -0.493 e. The first-order valence-corrected chi connectivity index (χ1v) is 8.94. The molecule has 0 aliphatic carbocycles. The number of aromatic nitrogens is 3. The number of rotatable bonds is 7. The predicted octanol–water partition coefficient (Wildman–Crippen LogP) is 2.94. The molecule has 0 saturated carbocycles. The summed E-state index contributed by atoms with van der Waals surface area (Å²) < 4.78 is 12.6. The van der Waals surface area contributed by atoms with Gasteiger partial charge in [-0.05, 0) is 19.2 Å². The van der Waals surface area contributed by atoms with Gasteiger partial charge in [0.15, 0.2) is 11.5 Å². The maximum absolute atomic E-state index is 10.7. The molecule has 1 atom stereocenters. The van der Waals surface area contributed by atoms with Gasteiger partial charge in [0.1, 0.15) is 6.33 Å². The van der Waals surface area contributed by atoms with Crippen molar-refractivity contribution in [2.24, 2.45) is 0 Å². The molecule has 0 spiro atoms.